The van der Waals surface area contributed by atoms with Crippen LogP contribution in [0.2, 0.25) is 0 Å². The van der Waals surface area contributed by atoms with Crippen molar-refractivity contribution in [1.29, 1.82) is 0 Å². The van der Waals surface area contributed by atoms with Gasteiger partial charge in [-0.05, 0) is 35.0 Å². The van der Waals surface area contributed by atoms with Gasteiger partial charge in [-0.2, -0.15) is 0 Å². The minimum Gasteiger partial charge on any atom is -0.346 e. The molecular formula is C24H38N4O4. The topological polar surface area (TPSA) is 122 Å². The van der Waals surface area contributed by atoms with E-state index in [1.165, 1.54) is 6.08 Å². The summed E-state index contributed by atoms with van der Waals surface area (Å²) in [5, 5.41) is 5.33. The van der Waals surface area contributed by atoms with Crippen LogP contribution in [0.5, 0.6) is 0 Å². The summed E-state index contributed by atoms with van der Waals surface area (Å²) in [4.78, 5) is 53.3. The standard InChI is InChI=1S/C24H38N4O4/c1-7-10-26-21(31)18(29)15(11-13-8-9-13)27-20(30)17-16-14(24(16,5)6)12-28(17)22(32)19(25)23(2,3)4/h7,13-17,19H,1,8-12,25H2,2-6H3,(H,26,31)(H,27,30)/t14-,15?,16-,17?,19+/m0/s1. The molecule has 32 heavy (non-hydrogen) atoms. The lowest BCUT2D eigenvalue weighted by molar-refractivity contribution is -0.145. The van der Waals surface area contributed by atoms with E-state index < -0.39 is 35.2 Å². The highest BCUT2D eigenvalue weighted by Crippen LogP contribution is 2.65. The third kappa shape index (κ3) is 4.75. The van der Waals surface area contributed by atoms with E-state index in [0.717, 1.165) is 12.8 Å². The van der Waals surface area contributed by atoms with E-state index in [9.17, 15) is 19.2 Å². The Kier molecular flexibility index (Phi) is 6.57. The van der Waals surface area contributed by atoms with Gasteiger partial charge in [0.2, 0.25) is 17.6 Å². The van der Waals surface area contributed by atoms with Crippen LogP contribution in [-0.2, 0) is 19.2 Å². The van der Waals surface area contributed by atoms with Gasteiger partial charge in [0.15, 0.2) is 0 Å². The number of hydrogen-bond acceptors (Lipinski definition) is 5. The zero-order valence-electron chi connectivity index (χ0n) is 19.9. The fourth-order valence-electron chi connectivity index (χ4n) is 4.95. The van der Waals surface area contributed by atoms with Crippen LogP contribution in [0.1, 0.15) is 53.9 Å². The Morgan fingerprint density at radius 3 is 2.38 bits per heavy atom. The van der Waals surface area contributed by atoms with Crippen LogP contribution in [0.15, 0.2) is 12.7 Å². The molecule has 4 N–H and O–H groups in total. The summed E-state index contributed by atoms with van der Waals surface area (Å²) in [6.45, 7) is 14.1. The van der Waals surface area contributed by atoms with E-state index in [2.05, 4.69) is 31.1 Å². The number of hydrogen-bond donors (Lipinski definition) is 3. The lowest BCUT2D eigenvalue weighted by Gasteiger charge is -2.36. The molecule has 0 radical (unpaired) electrons. The fraction of sp³-hybridized carbons (Fsp3) is 0.750. The predicted molar refractivity (Wildman–Crippen MR) is 121 cm³/mol. The van der Waals surface area contributed by atoms with Gasteiger partial charge in [0, 0.05) is 13.1 Å². The number of Topliss-reactive ketones (excluding diaryl/α,β-unsaturated/α-hetero) is 1. The molecule has 8 nitrogen and oxygen atoms in total. The molecule has 0 aromatic heterocycles. The van der Waals surface area contributed by atoms with Gasteiger partial charge in [-0.15, -0.1) is 6.58 Å². The van der Waals surface area contributed by atoms with Gasteiger partial charge in [0.1, 0.15) is 6.04 Å². The Morgan fingerprint density at radius 1 is 1.22 bits per heavy atom. The van der Waals surface area contributed by atoms with Crippen molar-refractivity contribution < 1.29 is 19.2 Å². The fourth-order valence-corrected chi connectivity index (χ4v) is 4.95. The zero-order valence-corrected chi connectivity index (χ0v) is 19.9. The molecule has 3 rings (SSSR count). The summed E-state index contributed by atoms with van der Waals surface area (Å²) in [5.41, 5.74) is 5.75. The maximum atomic E-state index is 13.5. The van der Waals surface area contributed by atoms with Crippen LogP contribution < -0.4 is 16.4 Å². The molecule has 1 saturated heterocycles. The third-order valence-corrected chi connectivity index (χ3v) is 7.49. The molecule has 1 aliphatic heterocycles. The third-order valence-electron chi connectivity index (χ3n) is 7.49. The number of fused-ring (bicyclic) bond motifs is 1. The lowest BCUT2D eigenvalue weighted by atomic mass is 9.86. The molecule has 5 atom stereocenters. The Balaban J connectivity index is 1.78. The number of rotatable bonds is 9. The average molecular weight is 447 g/mol. The van der Waals surface area contributed by atoms with Crippen molar-refractivity contribution >= 4 is 23.5 Å². The minimum absolute atomic E-state index is 0.0184. The Morgan fingerprint density at radius 2 is 1.84 bits per heavy atom. The van der Waals surface area contributed by atoms with E-state index >= 15 is 0 Å². The van der Waals surface area contributed by atoms with Crippen LogP contribution in [0, 0.1) is 28.6 Å². The number of amides is 3. The first-order valence-corrected chi connectivity index (χ1v) is 11.6. The van der Waals surface area contributed by atoms with Crippen molar-refractivity contribution in [1.82, 2.24) is 15.5 Å². The van der Waals surface area contributed by atoms with Crippen molar-refractivity contribution in [3.05, 3.63) is 12.7 Å². The highest BCUT2D eigenvalue weighted by Gasteiger charge is 2.69. The molecule has 2 saturated carbocycles. The summed E-state index contributed by atoms with van der Waals surface area (Å²) in [5.74, 6) is -1.41. The number of nitrogens with one attached hydrogen (secondary N) is 2. The van der Waals surface area contributed by atoms with Crippen molar-refractivity contribution in [3.8, 4) is 0 Å². The second-order valence-electron chi connectivity index (χ2n) is 11.3. The molecule has 2 unspecified atom stereocenters. The van der Waals surface area contributed by atoms with Gasteiger partial charge < -0.3 is 21.3 Å². The molecule has 1 heterocycles. The van der Waals surface area contributed by atoms with Crippen molar-refractivity contribution in [3.63, 3.8) is 0 Å². The molecular weight excluding hydrogens is 408 g/mol. The van der Waals surface area contributed by atoms with Crippen molar-refractivity contribution in [2.75, 3.05) is 13.1 Å². The molecule has 0 aromatic carbocycles. The molecule has 0 bridgehead atoms. The maximum Gasteiger partial charge on any atom is 0.289 e. The first-order chi connectivity index (χ1) is 14.8. The number of carbonyl (C=O) groups is 4. The molecule has 0 aromatic rings. The monoisotopic (exact) mass is 446 g/mol. The summed E-state index contributed by atoms with van der Waals surface area (Å²) >= 11 is 0. The number of carbonyl (C=O) groups excluding carboxylic acids is 4. The predicted octanol–water partition coefficient (Wildman–Crippen LogP) is 0.999. The summed E-state index contributed by atoms with van der Waals surface area (Å²) < 4.78 is 0. The first-order valence-electron chi connectivity index (χ1n) is 11.6. The van der Waals surface area contributed by atoms with Crippen LogP contribution in [0.3, 0.4) is 0 Å². The van der Waals surface area contributed by atoms with Gasteiger partial charge in [0.25, 0.3) is 5.91 Å². The van der Waals surface area contributed by atoms with Gasteiger partial charge in [-0.25, -0.2) is 0 Å². The quantitative estimate of drug-likeness (QED) is 0.360. The maximum absolute atomic E-state index is 13.5. The largest absolute Gasteiger partial charge is 0.346 e. The number of piperidine rings is 1. The second-order valence-corrected chi connectivity index (χ2v) is 11.3. The van der Waals surface area contributed by atoms with Crippen molar-refractivity contribution in [2.24, 2.45) is 34.3 Å². The smallest absolute Gasteiger partial charge is 0.289 e. The van der Waals surface area contributed by atoms with Crippen LogP contribution in [-0.4, -0.2) is 59.6 Å². The molecule has 3 aliphatic rings. The number of nitrogens with zero attached hydrogens (tertiary/aromatic N) is 1. The van der Waals surface area contributed by atoms with E-state index in [-0.39, 0.29) is 35.6 Å². The Labute approximate surface area is 190 Å². The first kappa shape index (κ1) is 24.4. The van der Waals surface area contributed by atoms with E-state index in [1.54, 1.807) is 4.90 Å². The molecule has 3 fully saturated rings. The van der Waals surface area contributed by atoms with Gasteiger partial charge in [-0.3, -0.25) is 19.2 Å². The molecule has 0 spiro atoms. The number of ketones is 1. The highest BCUT2D eigenvalue weighted by molar-refractivity contribution is 6.38. The van der Waals surface area contributed by atoms with Crippen LogP contribution in [0.25, 0.3) is 0 Å². The average Bonchev–Trinajstić information content (AvgIpc) is 3.56. The van der Waals surface area contributed by atoms with E-state index in [4.69, 9.17) is 5.73 Å². The summed E-state index contributed by atoms with van der Waals surface area (Å²) in [7, 11) is 0. The summed E-state index contributed by atoms with van der Waals surface area (Å²) in [6.07, 6.45) is 3.90. The van der Waals surface area contributed by atoms with Gasteiger partial charge in [0.05, 0.1) is 12.1 Å². The van der Waals surface area contributed by atoms with E-state index in [1.807, 2.05) is 20.8 Å². The number of likely N-dealkylation sites (tertiary alicyclic amines) is 1. The van der Waals surface area contributed by atoms with Crippen molar-refractivity contribution in [2.45, 2.75) is 72.0 Å². The molecule has 2 aliphatic carbocycles. The van der Waals surface area contributed by atoms with E-state index in [0.29, 0.717) is 18.9 Å². The minimum atomic E-state index is -0.894. The SMILES string of the molecule is C=CCNC(=O)C(=O)C(CC1CC1)NC(=O)C1[C@@H]2[C@H](CN1C(=O)[C@@H](N)C(C)(C)C)C2(C)C. The Hall–Kier alpha value is -2.22. The zero-order chi connectivity index (χ0) is 24.0. The summed E-state index contributed by atoms with van der Waals surface area (Å²) in [6, 6.07) is -2.30. The normalized spacial score (nSPS) is 27.7. The molecule has 178 valence electrons. The molecule has 8 heteroatoms. The second kappa shape index (κ2) is 8.61. The Bertz CT molecular complexity index is 811. The van der Waals surface area contributed by atoms with Crippen LogP contribution >= 0.6 is 0 Å². The van der Waals surface area contributed by atoms with Gasteiger partial charge >= 0.3 is 0 Å². The number of nitrogens with two attached hydrogens (primary N) is 1. The van der Waals surface area contributed by atoms with Gasteiger partial charge in [-0.1, -0.05) is 53.5 Å². The highest BCUT2D eigenvalue weighted by atomic mass is 16.2. The van der Waals surface area contributed by atoms with Crippen LogP contribution in [0.4, 0.5) is 0 Å². The molecule has 3 amide bonds. The lowest BCUT2D eigenvalue weighted by Crippen LogP contribution is -2.59.